The van der Waals surface area contributed by atoms with E-state index in [4.69, 9.17) is 0 Å². The van der Waals surface area contributed by atoms with Gasteiger partial charge in [0.1, 0.15) is 4.21 Å². The second-order valence-corrected chi connectivity index (χ2v) is 11.0. The van der Waals surface area contributed by atoms with Crippen LogP contribution in [0.1, 0.15) is 38.5 Å². The van der Waals surface area contributed by atoms with Crippen LogP contribution in [0, 0.1) is 0 Å². The topological polar surface area (TPSA) is 98.8 Å². The number of nitrogens with one attached hydrogen (secondary N) is 2. The van der Waals surface area contributed by atoms with Gasteiger partial charge in [0.25, 0.3) is 0 Å². The number of nitrogens with zero attached hydrogens (tertiary/aromatic N) is 2. The van der Waals surface area contributed by atoms with Crippen LogP contribution in [-0.4, -0.2) is 74.3 Å². The predicted octanol–water partition coefficient (Wildman–Crippen LogP) is 0.760. The quantitative estimate of drug-likeness (QED) is 0.681. The molecule has 3 aliphatic heterocycles. The fraction of sp³-hybridized carbons (Fsp3) is 0.684. The molecule has 1 aromatic rings. The first-order chi connectivity index (χ1) is 13.9. The molecular formula is C19H28N4O4S2. The molecule has 10 heteroatoms. The van der Waals surface area contributed by atoms with Gasteiger partial charge in [0.15, 0.2) is 0 Å². The average molecular weight is 441 g/mol. The molecule has 3 aliphatic rings. The number of carbonyl (C=O) groups excluding carboxylic acids is 2. The van der Waals surface area contributed by atoms with Crippen LogP contribution in [-0.2, 0) is 19.6 Å². The van der Waals surface area contributed by atoms with Crippen molar-refractivity contribution in [3.63, 3.8) is 0 Å². The Labute approximate surface area is 175 Å². The molecule has 0 radical (unpaired) electrons. The number of hydrogen-bond acceptors (Lipinski definition) is 6. The Morgan fingerprint density at radius 2 is 2.07 bits per heavy atom. The molecule has 1 aromatic heterocycles. The van der Waals surface area contributed by atoms with Crippen molar-refractivity contribution in [1.29, 1.82) is 0 Å². The lowest BCUT2D eigenvalue weighted by atomic mass is 10.0. The summed E-state index contributed by atoms with van der Waals surface area (Å²) < 4.78 is 28.1. The number of piperazine rings is 1. The van der Waals surface area contributed by atoms with Gasteiger partial charge in [-0.1, -0.05) is 6.07 Å². The Balaban J connectivity index is 1.36. The van der Waals surface area contributed by atoms with Crippen LogP contribution in [0.2, 0.25) is 0 Å². The van der Waals surface area contributed by atoms with Crippen molar-refractivity contribution in [3.05, 3.63) is 17.5 Å². The van der Waals surface area contributed by atoms with Gasteiger partial charge in [-0.05, 0) is 43.6 Å². The van der Waals surface area contributed by atoms with Crippen molar-refractivity contribution < 1.29 is 18.0 Å². The van der Waals surface area contributed by atoms with E-state index >= 15 is 0 Å². The van der Waals surface area contributed by atoms with Gasteiger partial charge in [0.05, 0.1) is 6.04 Å². The molecule has 2 N–H and O–H groups in total. The average Bonchev–Trinajstić information content (AvgIpc) is 3.38. The van der Waals surface area contributed by atoms with Gasteiger partial charge in [0.2, 0.25) is 21.8 Å². The maximum atomic E-state index is 12.5. The number of fused-ring (bicyclic) bond motifs is 1. The summed E-state index contributed by atoms with van der Waals surface area (Å²) in [6.45, 7) is 2.69. The molecule has 160 valence electrons. The molecule has 3 atom stereocenters. The van der Waals surface area contributed by atoms with Crippen LogP contribution >= 0.6 is 11.3 Å². The fourth-order valence-electron chi connectivity index (χ4n) is 4.61. The second-order valence-electron chi connectivity index (χ2n) is 8.08. The molecule has 0 saturated carbocycles. The van der Waals surface area contributed by atoms with Crippen LogP contribution in [0.3, 0.4) is 0 Å². The summed E-state index contributed by atoms with van der Waals surface area (Å²) >= 11 is 1.18. The molecule has 0 aliphatic carbocycles. The van der Waals surface area contributed by atoms with E-state index in [9.17, 15) is 18.0 Å². The molecular weight excluding hydrogens is 412 g/mol. The first-order valence-corrected chi connectivity index (χ1v) is 12.7. The van der Waals surface area contributed by atoms with Gasteiger partial charge < -0.3 is 10.2 Å². The van der Waals surface area contributed by atoms with E-state index in [1.807, 2.05) is 4.90 Å². The highest BCUT2D eigenvalue weighted by atomic mass is 32.2. The van der Waals surface area contributed by atoms with Crippen molar-refractivity contribution in [2.24, 2.45) is 0 Å². The minimum atomic E-state index is -3.57. The fourth-order valence-corrected chi connectivity index (χ4v) is 6.86. The molecule has 8 nitrogen and oxygen atoms in total. The van der Waals surface area contributed by atoms with E-state index < -0.39 is 10.0 Å². The number of thiophene rings is 1. The predicted molar refractivity (Wildman–Crippen MR) is 110 cm³/mol. The number of likely N-dealkylation sites (tertiary alicyclic amines) is 1. The largest absolute Gasteiger partial charge is 0.353 e. The summed E-state index contributed by atoms with van der Waals surface area (Å²) in [4.78, 5) is 28.9. The van der Waals surface area contributed by atoms with E-state index in [1.165, 1.54) is 17.8 Å². The summed E-state index contributed by atoms with van der Waals surface area (Å²) in [6.07, 6.45) is 4.94. The number of rotatable bonds is 6. The van der Waals surface area contributed by atoms with Crippen LogP contribution < -0.4 is 10.0 Å². The summed E-state index contributed by atoms with van der Waals surface area (Å²) in [5.74, 6) is 0.133. The molecule has 0 bridgehead atoms. The van der Waals surface area contributed by atoms with E-state index in [0.29, 0.717) is 32.4 Å². The molecule has 0 aromatic carbocycles. The van der Waals surface area contributed by atoms with Gasteiger partial charge in [-0.25, -0.2) is 13.1 Å². The van der Waals surface area contributed by atoms with Crippen molar-refractivity contribution in [3.8, 4) is 0 Å². The smallest absolute Gasteiger partial charge is 0.250 e. The molecule has 3 unspecified atom stereocenters. The van der Waals surface area contributed by atoms with E-state index in [0.717, 1.165) is 25.9 Å². The van der Waals surface area contributed by atoms with Gasteiger partial charge in [-0.15, -0.1) is 11.3 Å². The first kappa shape index (κ1) is 20.8. The highest BCUT2D eigenvalue weighted by molar-refractivity contribution is 7.91. The van der Waals surface area contributed by atoms with Gasteiger partial charge in [0, 0.05) is 44.7 Å². The maximum absolute atomic E-state index is 12.5. The monoisotopic (exact) mass is 440 g/mol. The summed E-state index contributed by atoms with van der Waals surface area (Å²) in [7, 11) is -3.57. The molecule has 29 heavy (non-hydrogen) atoms. The third kappa shape index (κ3) is 4.65. The van der Waals surface area contributed by atoms with Crippen molar-refractivity contribution in [2.45, 2.75) is 60.9 Å². The van der Waals surface area contributed by atoms with E-state index in [-0.39, 0.29) is 34.1 Å². The van der Waals surface area contributed by atoms with Crippen molar-refractivity contribution in [2.75, 3.05) is 26.2 Å². The highest BCUT2D eigenvalue weighted by Crippen LogP contribution is 2.27. The standard InChI is InChI=1S/C19H28N4O4S2/c24-17(22-8-2-1-3-9-22)7-6-15-12-20-19(25)16-11-14(13-23(15)16)21-29(26,27)18-5-4-10-28-18/h4-5,10,14-16,21H,1-3,6-9,11-13H2,(H,20,25). The van der Waals surface area contributed by atoms with Crippen molar-refractivity contribution >= 4 is 33.2 Å². The highest BCUT2D eigenvalue weighted by Gasteiger charge is 2.44. The second kappa shape index (κ2) is 8.71. The summed E-state index contributed by atoms with van der Waals surface area (Å²) in [5, 5.41) is 4.67. The number of sulfonamides is 1. The molecule has 0 spiro atoms. The Kier molecular flexibility index (Phi) is 6.24. The van der Waals surface area contributed by atoms with E-state index in [2.05, 4.69) is 14.9 Å². The Morgan fingerprint density at radius 1 is 1.28 bits per heavy atom. The van der Waals surface area contributed by atoms with Gasteiger partial charge in [-0.3, -0.25) is 14.5 Å². The normalized spacial score (nSPS) is 28.2. The van der Waals surface area contributed by atoms with E-state index in [1.54, 1.807) is 17.5 Å². The Bertz CT molecular complexity index is 836. The molecule has 4 rings (SSSR count). The third-order valence-corrected chi connectivity index (χ3v) is 9.02. The third-order valence-electron chi connectivity index (χ3n) is 6.10. The van der Waals surface area contributed by atoms with Crippen LogP contribution in [0.5, 0.6) is 0 Å². The minimum absolute atomic E-state index is 0.0542. The molecule has 4 heterocycles. The lowest BCUT2D eigenvalue weighted by molar-refractivity contribution is -0.133. The molecule has 3 saturated heterocycles. The van der Waals surface area contributed by atoms with Crippen LogP contribution in [0.15, 0.2) is 21.7 Å². The number of hydrogen-bond donors (Lipinski definition) is 2. The zero-order valence-corrected chi connectivity index (χ0v) is 18.0. The number of piperidine rings is 1. The maximum Gasteiger partial charge on any atom is 0.250 e. The lowest BCUT2D eigenvalue weighted by Gasteiger charge is -2.37. The zero-order valence-electron chi connectivity index (χ0n) is 16.4. The number of amides is 2. The summed E-state index contributed by atoms with van der Waals surface area (Å²) in [6, 6.07) is 2.70. The van der Waals surface area contributed by atoms with Crippen molar-refractivity contribution in [1.82, 2.24) is 19.8 Å². The SMILES string of the molecule is O=C1NCC(CCC(=O)N2CCCCC2)N2CC(NS(=O)(=O)c3cccs3)CC12. The van der Waals surface area contributed by atoms with Gasteiger partial charge >= 0.3 is 0 Å². The Hall–Kier alpha value is -1.49. The molecule has 3 fully saturated rings. The number of carbonyl (C=O) groups is 2. The molecule has 2 amide bonds. The lowest BCUT2D eigenvalue weighted by Crippen LogP contribution is -2.58. The Morgan fingerprint density at radius 3 is 2.79 bits per heavy atom. The summed E-state index contributed by atoms with van der Waals surface area (Å²) in [5.41, 5.74) is 0. The first-order valence-electron chi connectivity index (χ1n) is 10.3. The minimum Gasteiger partial charge on any atom is -0.353 e. The van der Waals surface area contributed by atoms with Crippen LogP contribution in [0.4, 0.5) is 0 Å². The zero-order chi connectivity index (χ0) is 20.4. The van der Waals surface area contributed by atoms with Gasteiger partial charge in [-0.2, -0.15) is 0 Å². The van der Waals surface area contributed by atoms with Crippen LogP contribution in [0.25, 0.3) is 0 Å².